The highest BCUT2D eigenvalue weighted by molar-refractivity contribution is 5.46. The van der Waals surface area contributed by atoms with E-state index in [2.05, 4.69) is 9.88 Å². The van der Waals surface area contributed by atoms with Gasteiger partial charge in [-0.25, -0.2) is 0 Å². The number of hydrogen-bond donors (Lipinski definition) is 2. The summed E-state index contributed by atoms with van der Waals surface area (Å²) in [6.45, 7) is 3.51. The molecule has 1 aliphatic rings. The van der Waals surface area contributed by atoms with Crippen molar-refractivity contribution in [1.29, 1.82) is 0 Å². The van der Waals surface area contributed by atoms with Crippen LogP contribution in [0.15, 0.2) is 18.3 Å². The first kappa shape index (κ1) is 11.4. The third kappa shape index (κ3) is 2.33. The van der Waals surface area contributed by atoms with Gasteiger partial charge in [-0.05, 0) is 25.5 Å². The molecule has 2 N–H and O–H groups in total. The van der Waals surface area contributed by atoms with Crippen LogP contribution in [0.4, 0.5) is 5.69 Å². The lowest BCUT2D eigenvalue weighted by Crippen LogP contribution is -2.45. The van der Waals surface area contributed by atoms with Crippen molar-refractivity contribution in [3.8, 4) is 0 Å². The molecule has 1 saturated heterocycles. The molecule has 0 spiro atoms. The van der Waals surface area contributed by atoms with Gasteiger partial charge >= 0.3 is 0 Å². The summed E-state index contributed by atoms with van der Waals surface area (Å²) in [5.41, 5.74) is 2.08. The molecule has 0 aliphatic carbocycles. The largest absolute Gasteiger partial charge is 0.396 e. The normalized spacial score (nSPS) is 25.8. The summed E-state index contributed by atoms with van der Waals surface area (Å²) < 4.78 is 0. The highest BCUT2D eigenvalue weighted by Gasteiger charge is 2.27. The highest BCUT2D eigenvalue weighted by Crippen LogP contribution is 2.23. The molecular formula is C12H18N2O2. The number of anilines is 1. The van der Waals surface area contributed by atoms with Crippen molar-refractivity contribution in [3.63, 3.8) is 0 Å². The molecule has 0 unspecified atom stereocenters. The average Bonchev–Trinajstić information content (AvgIpc) is 2.29. The van der Waals surface area contributed by atoms with E-state index in [9.17, 15) is 5.11 Å². The van der Waals surface area contributed by atoms with Crippen LogP contribution in [0.1, 0.15) is 12.1 Å². The van der Waals surface area contributed by atoms with E-state index in [-0.39, 0.29) is 12.5 Å². The predicted molar refractivity (Wildman–Crippen MR) is 62.4 cm³/mol. The van der Waals surface area contributed by atoms with Gasteiger partial charge in [0.1, 0.15) is 0 Å². The van der Waals surface area contributed by atoms with Gasteiger partial charge in [-0.2, -0.15) is 0 Å². The highest BCUT2D eigenvalue weighted by atomic mass is 16.3. The first-order chi connectivity index (χ1) is 7.70. The van der Waals surface area contributed by atoms with Crippen molar-refractivity contribution < 1.29 is 10.2 Å². The minimum atomic E-state index is -0.438. The number of aliphatic hydroxyl groups is 2. The van der Waals surface area contributed by atoms with Gasteiger partial charge < -0.3 is 15.1 Å². The number of nitrogens with zero attached hydrogens (tertiary/aromatic N) is 2. The Bertz CT molecular complexity index is 357. The fourth-order valence-electron chi connectivity index (χ4n) is 2.15. The molecule has 4 heteroatoms. The molecule has 0 radical (unpaired) electrons. The number of aromatic nitrogens is 1. The van der Waals surface area contributed by atoms with E-state index in [1.54, 1.807) is 6.20 Å². The van der Waals surface area contributed by atoms with E-state index in [0.717, 1.165) is 24.3 Å². The van der Waals surface area contributed by atoms with Gasteiger partial charge in [0.05, 0.1) is 6.10 Å². The SMILES string of the molecule is Cc1cc(N2CC[C@H](CO)[C@@H](O)C2)ccn1. The molecule has 16 heavy (non-hydrogen) atoms. The zero-order valence-corrected chi connectivity index (χ0v) is 9.50. The summed E-state index contributed by atoms with van der Waals surface area (Å²) in [6, 6.07) is 3.98. The summed E-state index contributed by atoms with van der Waals surface area (Å²) in [4.78, 5) is 6.30. The van der Waals surface area contributed by atoms with Gasteiger partial charge in [0.25, 0.3) is 0 Å². The molecule has 1 aliphatic heterocycles. The topological polar surface area (TPSA) is 56.6 Å². The number of β-amino-alcohol motifs (C(OH)–C–C–N with tert-alkyl or cyclic N) is 1. The molecule has 0 amide bonds. The maximum Gasteiger partial charge on any atom is 0.0765 e. The first-order valence-electron chi connectivity index (χ1n) is 5.67. The maximum atomic E-state index is 9.85. The van der Waals surface area contributed by atoms with Crippen molar-refractivity contribution >= 4 is 5.69 Å². The van der Waals surface area contributed by atoms with E-state index in [1.165, 1.54) is 0 Å². The van der Waals surface area contributed by atoms with Crippen LogP contribution in [0.2, 0.25) is 0 Å². The Labute approximate surface area is 95.5 Å². The molecule has 1 aromatic rings. The van der Waals surface area contributed by atoms with E-state index < -0.39 is 6.10 Å². The monoisotopic (exact) mass is 222 g/mol. The fraction of sp³-hybridized carbons (Fsp3) is 0.583. The second-order valence-electron chi connectivity index (χ2n) is 4.40. The van der Waals surface area contributed by atoms with Gasteiger partial charge in [-0.3, -0.25) is 4.98 Å². The number of aryl methyl sites for hydroxylation is 1. The lowest BCUT2D eigenvalue weighted by Gasteiger charge is -2.36. The van der Waals surface area contributed by atoms with Gasteiger partial charge in [-0.15, -0.1) is 0 Å². The number of hydrogen-bond acceptors (Lipinski definition) is 4. The predicted octanol–water partition coefficient (Wildman–Crippen LogP) is 0.570. The molecule has 88 valence electrons. The maximum absolute atomic E-state index is 9.85. The zero-order chi connectivity index (χ0) is 11.5. The fourth-order valence-corrected chi connectivity index (χ4v) is 2.15. The van der Waals surface area contributed by atoms with Crippen LogP contribution in [-0.4, -0.2) is 41.0 Å². The molecule has 2 atom stereocenters. The average molecular weight is 222 g/mol. The molecule has 0 bridgehead atoms. The number of piperidine rings is 1. The lowest BCUT2D eigenvalue weighted by molar-refractivity contribution is 0.0548. The molecule has 0 aromatic carbocycles. The van der Waals surface area contributed by atoms with Gasteiger partial charge in [0.2, 0.25) is 0 Å². The van der Waals surface area contributed by atoms with Crippen LogP contribution in [-0.2, 0) is 0 Å². The molecule has 2 heterocycles. The number of rotatable bonds is 2. The Kier molecular flexibility index (Phi) is 3.41. The van der Waals surface area contributed by atoms with Gasteiger partial charge in [-0.1, -0.05) is 0 Å². The smallest absolute Gasteiger partial charge is 0.0765 e. The lowest BCUT2D eigenvalue weighted by atomic mass is 9.94. The third-order valence-corrected chi connectivity index (χ3v) is 3.20. The van der Waals surface area contributed by atoms with Crippen molar-refractivity contribution in [1.82, 2.24) is 4.98 Å². The summed E-state index contributed by atoms with van der Waals surface area (Å²) in [6.07, 6.45) is 2.18. The minimum absolute atomic E-state index is 0.0270. The first-order valence-corrected chi connectivity index (χ1v) is 5.67. The minimum Gasteiger partial charge on any atom is -0.396 e. The van der Waals surface area contributed by atoms with Crippen LogP contribution in [0.5, 0.6) is 0 Å². The Morgan fingerprint density at radius 2 is 2.38 bits per heavy atom. The molecule has 1 aromatic heterocycles. The third-order valence-electron chi connectivity index (χ3n) is 3.20. The quantitative estimate of drug-likeness (QED) is 0.768. The van der Waals surface area contributed by atoms with Crippen LogP contribution in [0.25, 0.3) is 0 Å². The number of pyridine rings is 1. The van der Waals surface area contributed by atoms with E-state index in [0.29, 0.717) is 6.54 Å². The molecule has 2 rings (SSSR count). The van der Waals surface area contributed by atoms with Crippen molar-refractivity contribution in [2.45, 2.75) is 19.4 Å². The van der Waals surface area contributed by atoms with E-state index >= 15 is 0 Å². The number of aliphatic hydroxyl groups excluding tert-OH is 2. The second kappa shape index (κ2) is 4.80. The molecule has 4 nitrogen and oxygen atoms in total. The van der Waals surface area contributed by atoms with Crippen molar-refractivity contribution in [2.75, 3.05) is 24.6 Å². The summed E-state index contributed by atoms with van der Waals surface area (Å²) in [5.74, 6) is 0.0270. The Morgan fingerprint density at radius 1 is 1.56 bits per heavy atom. The standard InChI is InChI=1S/C12H18N2O2/c1-9-6-11(2-4-13-9)14-5-3-10(8-15)12(16)7-14/h2,4,6,10,12,15-16H,3,5,7-8H2,1H3/t10-,12+/m1/s1. The van der Waals surface area contributed by atoms with Gasteiger partial charge in [0, 0.05) is 43.2 Å². The Morgan fingerprint density at radius 3 is 3.00 bits per heavy atom. The summed E-state index contributed by atoms with van der Waals surface area (Å²) >= 11 is 0. The molecular weight excluding hydrogens is 204 g/mol. The van der Waals surface area contributed by atoms with Crippen LogP contribution >= 0.6 is 0 Å². The zero-order valence-electron chi connectivity index (χ0n) is 9.50. The summed E-state index contributed by atoms with van der Waals surface area (Å²) in [7, 11) is 0. The Balaban J connectivity index is 2.07. The van der Waals surface area contributed by atoms with Crippen LogP contribution in [0, 0.1) is 12.8 Å². The van der Waals surface area contributed by atoms with Crippen molar-refractivity contribution in [3.05, 3.63) is 24.0 Å². The molecule has 0 saturated carbocycles. The van der Waals surface area contributed by atoms with Gasteiger partial charge in [0.15, 0.2) is 0 Å². The molecule has 1 fully saturated rings. The van der Waals surface area contributed by atoms with E-state index in [1.807, 2.05) is 19.1 Å². The Hall–Kier alpha value is -1.13. The van der Waals surface area contributed by atoms with Crippen molar-refractivity contribution in [2.24, 2.45) is 5.92 Å². The second-order valence-corrected chi connectivity index (χ2v) is 4.40. The van der Waals surface area contributed by atoms with Crippen LogP contribution in [0.3, 0.4) is 0 Å². The summed E-state index contributed by atoms with van der Waals surface area (Å²) in [5, 5.41) is 18.9. The van der Waals surface area contributed by atoms with Crippen LogP contribution < -0.4 is 4.90 Å². The van der Waals surface area contributed by atoms with E-state index in [4.69, 9.17) is 5.11 Å².